The van der Waals surface area contributed by atoms with E-state index in [0.29, 0.717) is 12.3 Å². The van der Waals surface area contributed by atoms with Crippen molar-refractivity contribution < 1.29 is 19.1 Å². The molecular weight excluding hydrogens is 332 g/mol. The number of hydrogen-bond acceptors (Lipinski definition) is 5. The molecule has 0 radical (unpaired) electrons. The summed E-state index contributed by atoms with van der Waals surface area (Å²) in [6, 6.07) is 13.2. The first-order valence-electron chi connectivity index (χ1n) is 8.58. The Morgan fingerprint density at radius 3 is 2.50 bits per heavy atom. The van der Waals surface area contributed by atoms with Crippen molar-refractivity contribution in [2.75, 3.05) is 20.3 Å². The molecule has 138 valence electrons. The zero-order valence-corrected chi connectivity index (χ0v) is 15.2. The molecule has 0 saturated heterocycles. The van der Waals surface area contributed by atoms with Crippen LogP contribution in [0.15, 0.2) is 48.7 Å². The number of carbonyl (C=O) groups is 2. The molecule has 0 aliphatic rings. The Morgan fingerprint density at radius 2 is 1.88 bits per heavy atom. The molecule has 0 bridgehead atoms. The summed E-state index contributed by atoms with van der Waals surface area (Å²) in [5.74, 6) is 0.0697. The molecule has 26 heavy (non-hydrogen) atoms. The van der Waals surface area contributed by atoms with E-state index in [2.05, 4.69) is 16.6 Å². The van der Waals surface area contributed by atoms with Crippen molar-refractivity contribution in [1.29, 1.82) is 0 Å². The molecule has 0 saturated carbocycles. The molecule has 0 aliphatic heterocycles. The standard InChI is InChI=1S/C20H24N2O4/c1-3-16-7-9-18(10-8-16)26-15-19(23)22(13-11-20(24)25-2)14-17-6-4-5-12-21-17/h4-10,12H,3,11,13-15H2,1-2H3. The number of methoxy groups -OCH3 is 1. The van der Waals surface area contributed by atoms with Gasteiger partial charge in [0.2, 0.25) is 0 Å². The summed E-state index contributed by atoms with van der Waals surface area (Å²) in [4.78, 5) is 29.8. The molecule has 0 atom stereocenters. The molecule has 1 amide bonds. The Morgan fingerprint density at radius 1 is 1.12 bits per heavy atom. The van der Waals surface area contributed by atoms with Gasteiger partial charge in [-0.1, -0.05) is 25.1 Å². The van der Waals surface area contributed by atoms with E-state index < -0.39 is 0 Å². The van der Waals surface area contributed by atoms with Crippen molar-refractivity contribution in [3.05, 3.63) is 59.9 Å². The highest BCUT2D eigenvalue weighted by molar-refractivity contribution is 5.78. The number of amides is 1. The predicted octanol–water partition coefficient (Wildman–Crippen LogP) is 2.61. The lowest BCUT2D eigenvalue weighted by Gasteiger charge is -2.22. The van der Waals surface area contributed by atoms with E-state index in [1.54, 1.807) is 11.1 Å². The first-order chi connectivity index (χ1) is 12.6. The highest BCUT2D eigenvalue weighted by Gasteiger charge is 2.17. The van der Waals surface area contributed by atoms with Gasteiger partial charge in [-0.3, -0.25) is 14.6 Å². The summed E-state index contributed by atoms with van der Waals surface area (Å²) in [7, 11) is 1.33. The lowest BCUT2D eigenvalue weighted by atomic mass is 10.2. The van der Waals surface area contributed by atoms with Crippen molar-refractivity contribution in [3.63, 3.8) is 0 Å². The van der Waals surface area contributed by atoms with Crippen LogP contribution in [0.25, 0.3) is 0 Å². The molecule has 2 aromatic rings. The molecule has 2 rings (SSSR count). The van der Waals surface area contributed by atoms with Gasteiger partial charge in [-0.15, -0.1) is 0 Å². The van der Waals surface area contributed by atoms with Crippen LogP contribution in [-0.4, -0.2) is 42.0 Å². The second-order valence-corrected chi connectivity index (χ2v) is 5.75. The Kier molecular flexibility index (Phi) is 7.61. The highest BCUT2D eigenvalue weighted by atomic mass is 16.5. The number of ether oxygens (including phenoxy) is 2. The second-order valence-electron chi connectivity index (χ2n) is 5.75. The van der Waals surface area contributed by atoms with Crippen LogP contribution in [0.2, 0.25) is 0 Å². The predicted molar refractivity (Wildman–Crippen MR) is 97.6 cm³/mol. The molecule has 1 aromatic heterocycles. The minimum absolute atomic E-state index is 0.0977. The quantitative estimate of drug-likeness (QED) is 0.646. The Hall–Kier alpha value is -2.89. The summed E-state index contributed by atoms with van der Waals surface area (Å²) in [5, 5.41) is 0. The number of benzene rings is 1. The number of aryl methyl sites for hydroxylation is 1. The van der Waals surface area contributed by atoms with Gasteiger partial charge in [0.1, 0.15) is 5.75 Å². The van der Waals surface area contributed by atoms with E-state index in [4.69, 9.17) is 4.74 Å². The van der Waals surface area contributed by atoms with E-state index in [1.165, 1.54) is 12.7 Å². The second kappa shape index (κ2) is 10.2. The molecule has 6 heteroatoms. The minimum atomic E-state index is -0.361. The minimum Gasteiger partial charge on any atom is -0.484 e. The fraction of sp³-hybridized carbons (Fsp3) is 0.350. The Labute approximate surface area is 153 Å². The third-order valence-electron chi connectivity index (χ3n) is 3.94. The summed E-state index contributed by atoms with van der Waals surface area (Å²) < 4.78 is 10.2. The number of esters is 1. The monoisotopic (exact) mass is 356 g/mol. The average Bonchev–Trinajstić information content (AvgIpc) is 2.70. The van der Waals surface area contributed by atoms with Gasteiger partial charge in [0.05, 0.1) is 25.8 Å². The third-order valence-corrected chi connectivity index (χ3v) is 3.94. The van der Waals surface area contributed by atoms with Gasteiger partial charge in [-0.25, -0.2) is 0 Å². The normalized spacial score (nSPS) is 10.2. The number of aromatic nitrogens is 1. The van der Waals surface area contributed by atoms with Crippen molar-refractivity contribution in [1.82, 2.24) is 9.88 Å². The summed E-state index contributed by atoms with van der Waals surface area (Å²) in [5.41, 5.74) is 1.96. The summed E-state index contributed by atoms with van der Waals surface area (Å²) >= 11 is 0. The molecule has 6 nitrogen and oxygen atoms in total. The maximum atomic E-state index is 12.6. The van der Waals surface area contributed by atoms with Gasteiger partial charge in [0.15, 0.2) is 6.61 Å². The maximum absolute atomic E-state index is 12.6. The summed E-state index contributed by atoms with van der Waals surface area (Å²) in [6.45, 7) is 2.55. The lowest BCUT2D eigenvalue weighted by molar-refractivity contribution is -0.142. The fourth-order valence-corrected chi connectivity index (χ4v) is 2.37. The van der Waals surface area contributed by atoms with Crippen LogP contribution in [0, 0.1) is 0 Å². The first-order valence-corrected chi connectivity index (χ1v) is 8.58. The van der Waals surface area contributed by atoms with Crippen molar-refractivity contribution in [2.24, 2.45) is 0 Å². The van der Waals surface area contributed by atoms with Gasteiger partial charge in [-0.2, -0.15) is 0 Å². The van der Waals surface area contributed by atoms with Crippen LogP contribution in [0.3, 0.4) is 0 Å². The molecule has 0 N–H and O–H groups in total. The number of hydrogen-bond donors (Lipinski definition) is 0. The molecule has 0 spiro atoms. The average molecular weight is 356 g/mol. The van der Waals surface area contributed by atoms with Gasteiger partial charge < -0.3 is 14.4 Å². The Balaban J connectivity index is 1.97. The third kappa shape index (κ3) is 6.20. The fourth-order valence-electron chi connectivity index (χ4n) is 2.37. The highest BCUT2D eigenvalue weighted by Crippen LogP contribution is 2.13. The number of carbonyl (C=O) groups excluding carboxylic acids is 2. The lowest BCUT2D eigenvalue weighted by Crippen LogP contribution is -2.36. The SMILES string of the molecule is CCc1ccc(OCC(=O)N(CCC(=O)OC)Cc2ccccn2)cc1. The van der Waals surface area contributed by atoms with E-state index >= 15 is 0 Å². The van der Waals surface area contributed by atoms with Crippen molar-refractivity contribution in [3.8, 4) is 5.75 Å². The molecule has 1 heterocycles. The number of pyridine rings is 1. The van der Waals surface area contributed by atoms with E-state index in [9.17, 15) is 9.59 Å². The van der Waals surface area contributed by atoms with Gasteiger partial charge >= 0.3 is 5.97 Å². The van der Waals surface area contributed by atoms with E-state index in [1.807, 2.05) is 42.5 Å². The van der Waals surface area contributed by atoms with Crippen LogP contribution >= 0.6 is 0 Å². The molecular formula is C20H24N2O4. The van der Waals surface area contributed by atoms with Crippen LogP contribution < -0.4 is 4.74 Å². The van der Waals surface area contributed by atoms with E-state index in [-0.39, 0.29) is 31.4 Å². The molecule has 0 fully saturated rings. The van der Waals surface area contributed by atoms with Crippen LogP contribution in [0.5, 0.6) is 5.75 Å². The summed E-state index contributed by atoms with van der Waals surface area (Å²) in [6.07, 6.45) is 2.74. The Bertz CT molecular complexity index is 702. The topological polar surface area (TPSA) is 68.7 Å². The van der Waals surface area contributed by atoms with Gasteiger partial charge in [-0.05, 0) is 36.2 Å². The molecule has 1 aromatic carbocycles. The van der Waals surface area contributed by atoms with Crippen molar-refractivity contribution >= 4 is 11.9 Å². The molecule has 0 unspecified atom stereocenters. The smallest absolute Gasteiger partial charge is 0.307 e. The van der Waals surface area contributed by atoms with E-state index in [0.717, 1.165) is 12.1 Å². The number of rotatable bonds is 9. The zero-order chi connectivity index (χ0) is 18.8. The van der Waals surface area contributed by atoms with Gasteiger partial charge in [0, 0.05) is 12.7 Å². The largest absolute Gasteiger partial charge is 0.484 e. The van der Waals surface area contributed by atoms with Crippen molar-refractivity contribution in [2.45, 2.75) is 26.3 Å². The zero-order valence-electron chi connectivity index (χ0n) is 15.2. The first kappa shape index (κ1) is 19.4. The van der Waals surface area contributed by atoms with Crippen LogP contribution in [-0.2, 0) is 27.3 Å². The number of nitrogens with zero attached hydrogens (tertiary/aromatic N) is 2. The maximum Gasteiger partial charge on any atom is 0.307 e. The molecule has 0 aliphatic carbocycles. The van der Waals surface area contributed by atoms with Crippen LogP contribution in [0.4, 0.5) is 0 Å². The van der Waals surface area contributed by atoms with Crippen LogP contribution in [0.1, 0.15) is 24.6 Å². The van der Waals surface area contributed by atoms with Gasteiger partial charge in [0.25, 0.3) is 5.91 Å².